The first-order valence-corrected chi connectivity index (χ1v) is 6.12. The van der Waals surface area contributed by atoms with Crippen LogP contribution in [0.4, 0.5) is 0 Å². The summed E-state index contributed by atoms with van der Waals surface area (Å²) in [5.41, 5.74) is 2.10. The predicted molar refractivity (Wildman–Crippen MR) is 59.1 cm³/mol. The van der Waals surface area contributed by atoms with Crippen molar-refractivity contribution in [2.75, 3.05) is 0 Å². The zero-order valence-corrected chi connectivity index (χ0v) is 9.26. The van der Waals surface area contributed by atoms with Gasteiger partial charge in [0.05, 0.1) is 6.10 Å². The van der Waals surface area contributed by atoms with Crippen LogP contribution < -0.4 is 0 Å². The van der Waals surface area contributed by atoms with Crippen molar-refractivity contribution in [1.29, 1.82) is 0 Å². The van der Waals surface area contributed by atoms with Gasteiger partial charge in [-0.25, -0.2) is 0 Å². The smallest absolute Gasteiger partial charge is 0.0695 e. The van der Waals surface area contributed by atoms with Gasteiger partial charge in [-0.05, 0) is 44.4 Å². The molecule has 14 heavy (non-hydrogen) atoms. The first-order chi connectivity index (χ1) is 6.73. The summed E-state index contributed by atoms with van der Waals surface area (Å²) >= 11 is 0. The fraction of sp³-hybridized carbons (Fsp3) is 0.846. The molecule has 0 amide bonds. The van der Waals surface area contributed by atoms with Gasteiger partial charge in [-0.2, -0.15) is 0 Å². The topological polar surface area (TPSA) is 20.2 Å². The van der Waals surface area contributed by atoms with Crippen LogP contribution in [0.2, 0.25) is 0 Å². The van der Waals surface area contributed by atoms with Gasteiger partial charge in [-0.1, -0.05) is 30.9 Å². The minimum Gasteiger partial charge on any atom is -0.389 e. The van der Waals surface area contributed by atoms with E-state index in [9.17, 15) is 5.11 Å². The lowest BCUT2D eigenvalue weighted by atomic mass is 9.69. The SMILES string of the molecule is CC(O)/C=C1/CCCCC12CCCC2. The summed E-state index contributed by atoms with van der Waals surface area (Å²) in [6, 6.07) is 0. The first-order valence-electron chi connectivity index (χ1n) is 6.12. The first kappa shape index (κ1) is 10.2. The molecule has 1 spiro atoms. The van der Waals surface area contributed by atoms with Crippen LogP contribution in [0.15, 0.2) is 11.6 Å². The molecule has 1 nitrogen and oxygen atoms in total. The Balaban J connectivity index is 2.18. The molecule has 2 fully saturated rings. The Hall–Kier alpha value is -0.300. The van der Waals surface area contributed by atoms with Gasteiger partial charge in [-0.3, -0.25) is 0 Å². The molecular formula is C13H22O. The fourth-order valence-corrected chi connectivity index (χ4v) is 3.38. The highest BCUT2D eigenvalue weighted by molar-refractivity contribution is 5.19. The Kier molecular flexibility index (Phi) is 2.96. The van der Waals surface area contributed by atoms with Crippen molar-refractivity contribution in [3.8, 4) is 0 Å². The maximum Gasteiger partial charge on any atom is 0.0695 e. The molecule has 0 aromatic heterocycles. The molecule has 2 rings (SSSR count). The molecule has 1 atom stereocenters. The Labute approximate surface area is 87.2 Å². The van der Waals surface area contributed by atoms with E-state index in [0.29, 0.717) is 5.41 Å². The molecule has 0 aliphatic heterocycles. The molecule has 0 aromatic carbocycles. The average Bonchev–Trinajstić information content (AvgIpc) is 2.58. The molecule has 1 heteroatoms. The van der Waals surface area contributed by atoms with Gasteiger partial charge in [0.1, 0.15) is 0 Å². The van der Waals surface area contributed by atoms with Crippen LogP contribution in [0.5, 0.6) is 0 Å². The van der Waals surface area contributed by atoms with Crippen molar-refractivity contribution in [2.45, 2.75) is 64.4 Å². The monoisotopic (exact) mass is 194 g/mol. The highest BCUT2D eigenvalue weighted by atomic mass is 16.3. The summed E-state index contributed by atoms with van der Waals surface area (Å²) in [5, 5.41) is 9.47. The van der Waals surface area contributed by atoms with Crippen molar-refractivity contribution >= 4 is 0 Å². The largest absolute Gasteiger partial charge is 0.389 e. The lowest BCUT2D eigenvalue weighted by Crippen LogP contribution is -2.24. The van der Waals surface area contributed by atoms with Gasteiger partial charge in [0.25, 0.3) is 0 Å². The van der Waals surface area contributed by atoms with E-state index in [1.54, 1.807) is 5.57 Å². The maximum atomic E-state index is 9.47. The average molecular weight is 194 g/mol. The third kappa shape index (κ3) is 1.88. The summed E-state index contributed by atoms with van der Waals surface area (Å²) in [5.74, 6) is 0. The minimum absolute atomic E-state index is 0.249. The summed E-state index contributed by atoms with van der Waals surface area (Å²) in [6.45, 7) is 1.88. The third-order valence-corrected chi connectivity index (χ3v) is 4.04. The van der Waals surface area contributed by atoms with Crippen molar-refractivity contribution in [3.63, 3.8) is 0 Å². The summed E-state index contributed by atoms with van der Waals surface area (Å²) in [7, 11) is 0. The van der Waals surface area contributed by atoms with E-state index in [-0.39, 0.29) is 6.10 Å². The molecule has 2 aliphatic carbocycles. The normalized spacial score (nSPS) is 31.1. The molecular weight excluding hydrogens is 172 g/mol. The Bertz CT molecular complexity index is 221. The second-order valence-electron chi connectivity index (χ2n) is 5.13. The van der Waals surface area contributed by atoms with E-state index >= 15 is 0 Å². The van der Waals surface area contributed by atoms with Crippen LogP contribution in [0.3, 0.4) is 0 Å². The van der Waals surface area contributed by atoms with Crippen molar-refractivity contribution in [2.24, 2.45) is 5.41 Å². The Morgan fingerprint density at radius 1 is 1.14 bits per heavy atom. The second-order valence-corrected chi connectivity index (χ2v) is 5.13. The van der Waals surface area contributed by atoms with Gasteiger partial charge in [0, 0.05) is 0 Å². The van der Waals surface area contributed by atoms with Gasteiger partial charge in [0.2, 0.25) is 0 Å². The summed E-state index contributed by atoms with van der Waals surface area (Å²) in [4.78, 5) is 0. The summed E-state index contributed by atoms with van der Waals surface area (Å²) < 4.78 is 0. The zero-order valence-electron chi connectivity index (χ0n) is 9.26. The molecule has 0 radical (unpaired) electrons. The lowest BCUT2D eigenvalue weighted by Gasteiger charge is -2.37. The van der Waals surface area contributed by atoms with Crippen LogP contribution in [0, 0.1) is 5.41 Å². The van der Waals surface area contributed by atoms with Crippen molar-refractivity contribution < 1.29 is 5.11 Å². The fourth-order valence-electron chi connectivity index (χ4n) is 3.38. The maximum absolute atomic E-state index is 9.47. The molecule has 1 unspecified atom stereocenters. The highest BCUT2D eigenvalue weighted by Crippen LogP contribution is 2.52. The number of allylic oxidation sites excluding steroid dienone is 1. The molecule has 0 aromatic rings. The number of aliphatic hydroxyl groups is 1. The standard InChI is InChI=1S/C13H22O/c1-11(14)10-12-6-2-3-7-13(12)8-4-5-9-13/h10-11,14H,2-9H2,1H3/b12-10-. The molecule has 80 valence electrons. The number of aliphatic hydroxyl groups excluding tert-OH is 1. The van der Waals surface area contributed by atoms with Crippen molar-refractivity contribution in [1.82, 2.24) is 0 Å². The highest BCUT2D eigenvalue weighted by Gasteiger charge is 2.38. The van der Waals surface area contributed by atoms with E-state index in [2.05, 4.69) is 6.08 Å². The molecule has 2 aliphatic rings. The van der Waals surface area contributed by atoms with E-state index in [1.807, 2.05) is 6.92 Å². The van der Waals surface area contributed by atoms with Crippen molar-refractivity contribution in [3.05, 3.63) is 11.6 Å². The lowest BCUT2D eigenvalue weighted by molar-refractivity contribution is 0.229. The van der Waals surface area contributed by atoms with E-state index < -0.39 is 0 Å². The van der Waals surface area contributed by atoms with E-state index in [0.717, 1.165) is 0 Å². The third-order valence-electron chi connectivity index (χ3n) is 4.04. The van der Waals surface area contributed by atoms with Gasteiger partial charge < -0.3 is 5.11 Å². The molecule has 0 saturated heterocycles. The molecule has 1 N–H and O–H groups in total. The number of rotatable bonds is 1. The minimum atomic E-state index is -0.249. The number of hydrogen-bond acceptors (Lipinski definition) is 1. The van der Waals surface area contributed by atoms with Crippen LogP contribution in [-0.2, 0) is 0 Å². The molecule has 0 heterocycles. The molecule has 2 saturated carbocycles. The van der Waals surface area contributed by atoms with Gasteiger partial charge >= 0.3 is 0 Å². The Morgan fingerprint density at radius 2 is 1.71 bits per heavy atom. The summed E-state index contributed by atoms with van der Waals surface area (Å²) in [6.07, 6.45) is 12.8. The Morgan fingerprint density at radius 3 is 2.29 bits per heavy atom. The van der Waals surface area contributed by atoms with Crippen LogP contribution >= 0.6 is 0 Å². The zero-order chi connectivity index (χ0) is 10.0. The van der Waals surface area contributed by atoms with Crippen LogP contribution in [-0.4, -0.2) is 11.2 Å². The van der Waals surface area contributed by atoms with Gasteiger partial charge in [-0.15, -0.1) is 0 Å². The number of hydrogen-bond donors (Lipinski definition) is 1. The van der Waals surface area contributed by atoms with Crippen LogP contribution in [0.25, 0.3) is 0 Å². The quantitative estimate of drug-likeness (QED) is 0.634. The predicted octanol–water partition coefficient (Wildman–Crippen LogP) is 3.43. The van der Waals surface area contributed by atoms with E-state index in [4.69, 9.17) is 0 Å². The molecule has 0 bridgehead atoms. The van der Waals surface area contributed by atoms with E-state index in [1.165, 1.54) is 51.4 Å². The second kappa shape index (κ2) is 4.06. The van der Waals surface area contributed by atoms with Gasteiger partial charge in [0.15, 0.2) is 0 Å². The van der Waals surface area contributed by atoms with Crippen LogP contribution in [0.1, 0.15) is 58.3 Å².